The maximum atomic E-state index is 12.7. The van der Waals surface area contributed by atoms with Crippen molar-refractivity contribution in [1.29, 1.82) is 0 Å². The van der Waals surface area contributed by atoms with E-state index in [4.69, 9.17) is 9.84 Å². The summed E-state index contributed by atoms with van der Waals surface area (Å²) in [4.78, 5) is 28.8. The second-order valence-electron chi connectivity index (χ2n) is 8.82. The van der Waals surface area contributed by atoms with Crippen molar-refractivity contribution < 1.29 is 36.3 Å². The number of H-pyrrole nitrogens is 2. The van der Waals surface area contributed by atoms with E-state index in [1.54, 1.807) is 64.1 Å². The first-order valence-electron chi connectivity index (χ1n) is 12.1. The van der Waals surface area contributed by atoms with E-state index in [1.165, 1.54) is 31.2 Å². The monoisotopic (exact) mass is 586 g/mol. The van der Waals surface area contributed by atoms with Gasteiger partial charge in [-0.1, -0.05) is 36.4 Å². The van der Waals surface area contributed by atoms with Crippen LogP contribution >= 0.6 is 0 Å². The van der Waals surface area contributed by atoms with E-state index in [0.29, 0.717) is 17.0 Å². The van der Waals surface area contributed by atoms with E-state index in [9.17, 15) is 26.4 Å². The Morgan fingerprint density at radius 2 is 1.07 bits per heavy atom. The minimum absolute atomic E-state index is 0.0381. The van der Waals surface area contributed by atoms with Gasteiger partial charge in [-0.3, -0.25) is 0 Å². The predicted molar refractivity (Wildman–Crippen MR) is 147 cm³/mol. The van der Waals surface area contributed by atoms with Crippen molar-refractivity contribution in [3.63, 3.8) is 0 Å². The fourth-order valence-corrected chi connectivity index (χ4v) is 7.75. The van der Waals surface area contributed by atoms with Crippen molar-refractivity contribution >= 4 is 31.6 Å². The first kappa shape index (κ1) is 30.4. The number of carbonyl (C=O) groups is 2. The van der Waals surface area contributed by atoms with Crippen LogP contribution in [0.4, 0.5) is 0 Å². The molecule has 2 heterocycles. The van der Waals surface area contributed by atoms with E-state index in [-0.39, 0.29) is 43.1 Å². The lowest BCUT2D eigenvalue weighted by molar-refractivity contribution is 0.0518. The smallest absolute Gasteiger partial charge is 0.355 e. The molecule has 0 fully saturated rings. The maximum absolute atomic E-state index is 12.7. The summed E-state index contributed by atoms with van der Waals surface area (Å²) in [6, 6.07) is 16.1. The summed E-state index contributed by atoms with van der Waals surface area (Å²) in [5.74, 6) is -1.72. The Balaban J connectivity index is 0.000000222. The minimum Gasteiger partial charge on any atom is -0.477 e. The first-order valence-corrected chi connectivity index (χ1v) is 15.1. The standard InChI is InChI=1S/C15H17NO4S.C13H13NO4S/c1-4-20-15(17)13-10(2)14(11(3)16-13)21(18,19)12-8-6-5-7-9-12;1-8-11(13(15)16)14-9(2)12(8)19(17,18)10-6-4-3-5-7-10/h5-9,16H,4H2,1-3H3;3-7,14H,1-2H3,(H,15,16). The number of carboxylic acids is 1. The molecule has 0 aliphatic carbocycles. The number of sulfone groups is 2. The van der Waals surface area contributed by atoms with Crippen molar-refractivity contribution in [3.8, 4) is 0 Å². The number of hydrogen-bond acceptors (Lipinski definition) is 7. The molecule has 0 radical (unpaired) electrons. The summed E-state index contributed by atoms with van der Waals surface area (Å²) in [6.07, 6.45) is 0. The highest BCUT2D eigenvalue weighted by atomic mass is 32.2. The fraction of sp³-hybridized carbons (Fsp3) is 0.214. The number of aromatic nitrogens is 2. The van der Waals surface area contributed by atoms with Gasteiger partial charge in [0.25, 0.3) is 0 Å². The van der Waals surface area contributed by atoms with Gasteiger partial charge >= 0.3 is 11.9 Å². The van der Waals surface area contributed by atoms with Gasteiger partial charge in [0, 0.05) is 22.5 Å². The van der Waals surface area contributed by atoms with Crippen molar-refractivity contribution in [2.45, 2.75) is 54.2 Å². The number of ether oxygens (including phenoxy) is 1. The largest absolute Gasteiger partial charge is 0.477 e. The zero-order valence-corrected chi connectivity index (χ0v) is 24.2. The quantitative estimate of drug-likeness (QED) is 0.260. The second kappa shape index (κ2) is 11.9. The molecule has 2 aromatic carbocycles. The van der Waals surface area contributed by atoms with Gasteiger partial charge < -0.3 is 19.8 Å². The molecule has 0 bridgehead atoms. The highest BCUT2D eigenvalue weighted by Crippen LogP contribution is 2.30. The van der Waals surface area contributed by atoms with Crippen molar-refractivity contribution in [1.82, 2.24) is 9.97 Å². The maximum Gasteiger partial charge on any atom is 0.355 e. The van der Waals surface area contributed by atoms with Gasteiger partial charge in [-0.05, 0) is 58.9 Å². The van der Waals surface area contributed by atoms with Crippen LogP contribution in [0.15, 0.2) is 80.2 Å². The molecule has 0 aliphatic heterocycles. The molecular formula is C28H30N2O8S2. The van der Waals surface area contributed by atoms with Gasteiger partial charge in [-0.25, -0.2) is 26.4 Å². The molecule has 212 valence electrons. The SMILES string of the molecule is CCOC(=O)c1[nH]c(C)c(S(=O)(=O)c2ccccc2)c1C.Cc1[nH]c(C(=O)O)c(C)c1S(=O)(=O)c1ccccc1. The number of nitrogens with one attached hydrogen (secondary N) is 2. The lowest BCUT2D eigenvalue weighted by Crippen LogP contribution is -2.08. The van der Waals surface area contributed by atoms with Crippen LogP contribution in [0.5, 0.6) is 0 Å². The Morgan fingerprint density at radius 1 is 0.700 bits per heavy atom. The lowest BCUT2D eigenvalue weighted by Gasteiger charge is -2.05. The number of benzene rings is 2. The van der Waals surface area contributed by atoms with Crippen molar-refractivity contribution in [2.24, 2.45) is 0 Å². The van der Waals surface area contributed by atoms with Gasteiger partial charge in [0.05, 0.1) is 26.2 Å². The number of carboxylic acid groups (broad SMARTS) is 1. The molecule has 4 rings (SSSR count). The summed E-state index contributed by atoms with van der Waals surface area (Å²) in [5, 5.41) is 9.01. The van der Waals surface area contributed by atoms with Crippen LogP contribution in [0.2, 0.25) is 0 Å². The van der Waals surface area contributed by atoms with E-state index < -0.39 is 31.6 Å². The molecular weight excluding hydrogens is 556 g/mol. The van der Waals surface area contributed by atoms with E-state index in [0.717, 1.165) is 0 Å². The van der Waals surface area contributed by atoms with Crippen LogP contribution in [-0.2, 0) is 24.4 Å². The normalized spacial score (nSPS) is 11.4. The fourth-order valence-electron chi connectivity index (χ4n) is 4.33. The van der Waals surface area contributed by atoms with Gasteiger partial charge in [-0.2, -0.15) is 0 Å². The van der Waals surface area contributed by atoms with E-state index in [1.807, 2.05) is 0 Å². The molecule has 0 amide bonds. The number of rotatable bonds is 7. The van der Waals surface area contributed by atoms with Gasteiger partial charge in [0.2, 0.25) is 19.7 Å². The molecule has 40 heavy (non-hydrogen) atoms. The van der Waals surface area contributed by atoms with Crippen molar-refractivity contribution in [3.05, 3.63) is 94.6 Å². The first-order chi connectivity index (χ1) is 18.7. The average Bonchev–Trinajstić information content (AvgIpc) is 3.40. The Labute approximate surface area is 232 Å². The van der Waals surface area contributed by atoms with Crippen LogP contribution in [0.25, 0.3) is 0 Å². The molecule has 0 saturated carbocycles. The average molecular weight is 587 g/mol. The number of aryl methyl sites for hydroxylation is 2. The molecule has 0 spiro atoms. The molecule has 12 heteroatoms. The molecule has 0 saturated heterocycles. The summed E-state index contributed by atoms with van der Waals surface area (Å²) < 4.78 is 55.3. The summed E-state index contributed by atoms with van der Waals surface area (Å²) in [6.45, 7) is 8.21. The highest BCUT2D eigenvalue weighted by molar-refractivity contribution is 7.92. The van der Waals surface area contributed by atoms with E-state index >= 15 is 0 Å². The third kappa shape index (κ3) is 5.87. The number of carbonyl (C=O) groups excluding carboxylic acids is 1. The summed E-state index contributed by atoms with van der Waals surface area (Å²) in [5.41, 5.74) is 1.47. The third-order valence-corrected chi connectivity index (χ3v) is 10.2. The van der Waals surface area contributed by atoms with Crippen LogP contribution in [-0.4, -0.2) is 50.5 Å². The zero-order chi connectivity index (χ0) is 29.8. The molecule has 4 aromatic rings. The van der Waals surface area contributed by atoms with Gasteiger partial charge in [0.1, 0.15) is 11.4 Å². The lowest BCUT2D eigenvalue weighted by atomic mass is 10.2. The molecule has 10 nitrogen and oxygen atoms in total. The highest BCUT2D eigenvalue weighted by Gasteiger charge is 2.29. The van der Waals surface area contributed by atoms with Gasteiger partial charge in [0.15, 0.2) is 0 Å². The molecule has 0 unspecified atom stereocenters. The number of aromatic amines is 2. The molecule has 3 N–H and O–H groups in total. The predicted octanol–water partition coefficient (Wildman–Crippen LogP) is 4.80. The molecule has 2 aromatic heterocycles. The topological polar surface area (TPSA) is 163 Å². The molecule has 0 atom stereocenters. The molecule has 0 aliphatic rings. The van der Waals surface area contributed by atoms with E-state index in [2.05, 4.69) is 9.97 Å². The summed E-state index contributed by atoms with van der Waals surface area (Å²) in [7, 11) is -7.37. The zero-order valence-electron chi connectivity index (χ0n) is 22.6. The number of aromatic carboxylic acids is 1. The summed E-state index contributed by atoms with van der Waals surface area (Å²) >= 11 is 0. The number of esters is 1. The Hall–Kier alpha value is -4.16. The van der Waals surface area contributed by atoms with Crippen LogP contribution < -0.4 is 0 Å². The van der Waals surface area contributed by atoms with Crippen LogP contribution in [0, 0.1) is 27.7 Å². The van der Waals surface area contributed by atoms with Crippen LogP contribution in [0.3, 0.4) is 0 Å². The van der Waals surface area contributed by atoms with Gasteiger partial charge in [-0.15, -0.1) is 0 Å². The Bertz CT molecular complexity index is 1750. The third-order valence-electron chi connectivity index (χ3n) is 6.08. The van der Waals surface area contributed by atoms with Crippen LogP contribution in [0.1, 0.15) is 50.4 Å². The Morgan fingerprint density at radius 3 is 1.43 bits per heavy atom. The minimum atomic E-state index is -3.71. The Kier molecular flexibility index (Phi) is 9.06. The number of hydrogen-bond donors (Lipinski definition) is 3. The van der Waals surface area contributed by atoms with Crippen molar-refractivity contribution in [2.75, 3.05) is 6.61 Å². The second-order valence-corrected chi connectivity index (χ2v) is 12.6.